The second-order valence-corrected chi connectivity index (χ2v) is 5.87. The van der Waals surface area contributed by atoms with Gasteiger partial charge in [-0.3, -0.25) is 14.5 Å². The second kappa shape index (κ2) is 5.01. The number of benzene rings is 1. The average molecular weight is 304 g/mol. The summed E-state index contributed by atoms with van der Waals surface area (Å²) in [6.45, 7) is 0. The van der Waals surface area contributed by atoms with Crippen molar-refractivity contribution < 1.29 is 19.5 Å². The number of rotatable bonds is 3. The van der Waals surface area contributed by atoms with Gasteiger partial charge in [0.1, 0.15) is 17.1 Å². The van der Waals surface area contributed by atoms with Gasteiger partial charge in [0, 0.05) is 16.9 Å². The number of Topliss-reactive ketones (excluding diaryl/α,β-unsaturated/α-hetero) is 1. The zero-order valence-electron chi connectivity index (χ0n) is 10.9. The molecule has 1 aromatic carbocycles. The van der Waals surface area contributed by atoms with E-state index in [-0.39, 0.29) is 22.8 Å². The van der Waals surface area contributed by atoms with Gasteiger partial charge in [-0.1, -0.05) is 30.3 Å². The summed E-state index contributed by atoms with van der Waals surface area (Å²) in [5.74, 6) is -1.87. The van der Waals surface area contributed by atoms with Crippen LogP contribution in [-0.4, -0.2) is 44.8 Å². The van der Waals surface area contributed by atoms with Gasteiger partial charge in [-0.25, -0.2) is 4.79 Å². The van der Waals surface area contributed by atoms with Gasteiger partial charge in [-0.2, -0.15) is 0 Å². The highest BCUT2D eigenvalue weighted by molar-refractivity contribution is 8.00. The number of carboxylic acid groups (broad SMARTS) is 1. The summed E-state index contributed by atoms with van der Waals surface area (Å²) < 4.78 is 0. The maximum atomic E-state index is 12.5. The summed E-state index contributed by atoms with van der Waals surface area (Å²) >= 11 is 1.32. The van der Waals surface area contributed by atoms with Crippen LogP contribution in [0.2, 0.25) is 0 Å². The molecule has 2 aliphatic heterocycles. The van der Waals surface area contributed by atoms with Crippen LogP contribution in [0.1, 0.15) is 10.4 Å². The van der Waals surface area contributed by atoms with Crippen LogP contribution in [0.15, 0.2) is 41.6 Å². The van der Waals surface area contributed by atoms with E-state index in [4.69, 9.17) is 5.73 Å². The lowest BCUT2D eigenvalue weighted by atomic mass is 9.98. The molecule has 3 N–H and O–H groups in total. The SMILES string of the molecule is NC1C(=O)N2C(C(=O)O)=C(C(=O)c3ccccc3)CS[C@H]12. The number of hydrogen-bond donors (Lipinski definition) is 2. The number of thioether (sulfide) groups is 1. The molecule has 1 saturated heterocycles. The molecule has 21 heavy (non-hydrogen) atoms. The summed E-state index contributed by atoms with van der Waals surface area (Å²) in [5.41, 5.74) is 5.96. The monoisotopic (exact) mass is 304 g/mol. The smallest absolute Gasteiger partial charge is 0.353 e. The maximum Gasteiger partial charge on any atom is 0.353 e. The number of amides is 1. The lowest BCUT2D eigenvalue weighted by Crippen LogP contribution is -2.68. The third kappa shape index (κ3) is 2.05. The highest BCUT2D eigenvalue weighted by Crippen LogP contribution is 2.40. The Balaban J connectivity index is 2.05. The fraction of sp³-hybridized carbons (Fsp3) is 0.214. The molecule has 2 aliphatic rings. The van der Waals surface area contributed by atoms with E-state index in [9.17, 15) is 19.5 Å². The van der Waals surface area contributed by atoms with Crippen molar-refractivity contribution in [3.63, 3.8) is 0 Å². The molecule has 1 amide bonds. The first-order chi connectivity index (χ1) is 10.0. The highest BCUT2D eigenvalue weighted by atomic mass is 32.2. The van der Waals surface area contributed by atoms with Crippen molar-refractivity contribution in [2.24, 2.45) is 5.73 Å². The van der Waals surface area contributed by atoms with Gasteiger partial charge in [0.2, 0.25) is 5.91 Å². The van der Waals surface area contributed by atoms with E-state index in [1.807, 2.05) is 0 Å². The van der Waals surface area contributed by atoms with Crippen LogP contribution in [-0.2, 0) is 9.59 Å². The Kier molecular flexibility index (Phi) is 3.30. The van der Waals surface area contributed by atoms with E-state index < -0.39 is 23.3 Å². The van der Waals surface area contributed by atoms with Crippen molar-refractivity contribution in [3.8, 4) is 0 Å². The number of hydrogen-bond acceptors (Lipinski definition) is 5. The quantitative estimate of drug-likeness (QED) is 0.621. The molecule has 1 fully saturated rings. The number of ketones is 1. The molecule has 0 bridgehead atoms. The summed E-state index contributed by atoms with van der Waals surface area (Å²) in [7, 11) is 0. The molecular formula is C14H12N2O4S. The molecule has 2 heterocycles. The molecule has 0 spiro atoms. The predicted molar refractivity (Wildman–Crippen MR) is 76.5 cm³/mol. The van der Waals surface area contributed by atoms with Crippen LogP contribution >= 0.6 is 11.8 Å². The largest absolute Gasteiger partial charge is 0.477 e. The Morgan fingerprint density at radius 1 is 1.29 bits per heavy atom. The number of aliphatic carboxylic acids is 1. The van der Waals surface area contributed by atoms with Crippen molar-refractivity contribution in [1.29, 1.82) is 0 Å². The summed E-state index contributed by atoms with van der Waals surface area (Å²) in [4.78, 5) is 36.9. The maximum absolute atomic E-state index is 12.5. The summed E-state index contributed by atoms with van der Waals surface area (Å²) in [6.07, 6.45) is 0. The van der Waals surface area contributed by atoms with Crippen molar-refractivity contribution >= 4 is 29.4 Å². The van der Waals surface area contributed by atoms with E-state index in [0.717, 1.165) is 4.90 Å². The Morgan fingerprint density at radius 2 is 1.95 bits per heavy atom. The molecular weight excluding hydrogens is 292 g/mol. The van der Waals surface area contributed by atoms with Crippen LogP contribution in [0.5, 0.6) is 0 Å². The van der Waals surface area contributed by atoms with Crippen LogP contribution < -0.4 is 5.73 Å². The highest BCUT2D eigenvalue weighted by Gasteiger charge is 2.52. The minimum absolute atomic E-state index is 0.134. The average Bonchev–Trinajstić information content (AvgIpc) is 2.52. The lowest BCUT2D eigenvalue weighted by molar-refractivity contribution is -0.147. The Labute approximate surface area is 124 Å². The Hall–Kier alpha value is -2.12. The number of carboxylic acids is 1. The molecule has 6 nitrogen and oxygen atoms in total. The van der Waals surface area contributed by atoms with E-state index in [1.165, 1.54) is 11.8 Å². The van der Waals surface area contributed by atoms with Gasteiger partial charge < -0.3 is 10.8 Å². The first-order valence-corrected chi connectivity index (χ1v) is 7.33. The molecule has 108 valence electrons. The molecule has 1 aromatic rings. The van der Waals surface area contributed by atoms with Crippen molar-refractivity contribution in [1.82, 2.24) is 4.90 Å². The van der Waals surface area contributed by atoms with E-state index in [2.05, 4.69) is 0 Å². The van der Waals surface area contributed by atoms with Gasteiger partial charge in [-0.05, 0) is 0 Å². The number of nitrogens with two attached hydrogens (primary N) is 1. The fourth-order valence-corrected chi connectivity index (χ4v) is 3.74. The predicted octanol–water partition coefficient (Wildman–Crippen LogP) is 0.450. The van der Waals surface area contributed by atoms with Crippen molar-refractivity contribution in [2.75, 3.05) is 5.75 Å². The molecule has 1 unspecified atom stereocenters. The van der Waals surface area contributed by atoms with Gasteiger partial charge in [-0.15, -0.1) is 11.8 Å². The van der Waals surface area contributed by atoms with E-state index >= 15 is 0 Å². The molecule has 0 aliphatic carbocycles. The van der Waals surface area contributed by atoms with Crippen molar-refractivity contribution in [2.45, 2.75) is 11.4 Å². The minimum atomic E-state index is -1.28. The number of β-lactam (4-membered cyclic amide) rings is 1. The van der Waals surface area contributed by atoms with E-state index in [0.29, 0.717) is 5.56 Å². The third-order valence-corrected chi connectivity index (χ3v) is 4.82. The van der Waals surface area contributed by atoms with Crippen LogP contribution in [0, 0.1) is 0 Å². The van der Waals surface area contributed by atoms with E-state index in [1.54, 1.807) is 30.3 Å². The first-order valence-electron chi connectivity index (χ1n) is 6.29. The molecule has 0 aromatic heterocycles. The van der Waals surface area contributed by atoms with Crippen LogP contribution in [0.4, 0.5) is 0 Å². The Bertz CT molecular complexity index is 671. The van der Waals surface area contributed by atoms with Gasteiger partial charge in [0.25, 0.3) is 0 Å². The topological polar surface area (TPSA) is 101 Å². The number of carbonyl (C=O) groups is 3. The fourth-order valence-electron chi connectivity index (χ4n) is 2.45. The van der Waals surface area contributed by atoms with Crippen LogP contribution in [0.25, 0.3) is 0 Å². The zero-order chi connectivity index (χ0) is 15.1. The first kappa shape index (κ1) is 13.8. The van der Waals surface area contributed by atoms with Gasteiger partial charge >= 0.3 is 5.97 Å². The Morgan fingerprint density at radius 3 is 2.57 bits per heavy atom. The summed E-state index contributed by atoms with van der Waals surface area (Å²) in [5, 5.41) is 8.98. The minimum Gasteiger partial charge on any atom is -0.477 e. The standard InChI is InChI=1S/C14H12N2O4S/c15-9-12(18)16-10(14(19)20)8(6-21-13(9)16)11(17)7-4-2-1-3-5-7/h1-5,9,13H,6,15H2,(H,19,20)/t9?,13-/m1/s1. The van der Waals surface area contributed by atoms with Crippen molar-refractivity contribution in [3.05, 3.63) is 47.2 Å². The summed E-state index contributed by atoms with van der Waals surface area (Å²) in [6, 6.07) is 7.73. The molecule has 7 heteroatoms. The number of nitrogens with zero attached hydrogens (tertiary/aromatic N) is 1. The second-order valence-electron chi connectivity index (χ2n) is 4.76. The third-order valence-electron chi connectivity index (χ3n) is 3.52. The van der Waals surface area contributed by atoms with Gasteiger partial charge in [0.15, 0.2) is 5.78 Å². The van der Waals surface area contributed by atoms with Crippen LogP contribution in [0.3, 0.4) is 0 Å². The number of fused-ring (bicyclic) bond motifs is 1. The molecule has 0 saturated carbocycles. The zero-order valence-corrected chi connectivity index (χ0v) is 11.7. The molecule has 3 rings (SSSR count). The normalized spacial score (nSPS) is 24.4. The molecule has 2 atom stereocenters. The molecule has 0 radical (unpaired) electrons. The number of carbonyl (C=O) groups excluding carboxylic acids is 2. The lowest BCUT2D eigenvalue weighted by Gasteiger charge is -2.47. The van der Waals surface area contributed by atoms with Gasteiger partial charge in [0.05, 0.1) is 0 Å².